The Morgan fingerprint density at radius 1 is 1.39 bits per heavy atom. The van der Waals surface area contributed by atoms with Crippen molar-refractivity contribution in [2.45, 2.75) is 25.3 Å². The first kappa shape index (κ1) is 19.2. The Balaban J connectivity index is 0.00000264. The zero-order chi connectivity index (χ0) is 15.9. The molecule has 7 nitrogen and oxygen atoms in total. The summed E-state index contributed by atoms with van der Waals surface area (Å²) in [6.07, 6.45) is 2.14. The molecule has 2 rings (SSSR count). The average molecular weight is 344 g/mol. The van der Waals surface area contributed by atoms with Gasteiger partial charge < -0.3 is 15.0 Å². The fraction of sp³-hybridized carbons (Fsp3) is 0.533. The largest absolute Gasteiger partial charge is 0.486 e. The maximum absolute atomic E-state index is 12.1. The van der Waals surface area contributed by atoms with E-state index in [4.69, 9.17) is 4.74 Å². The summed E-state index contributed by atoms with van der Waals surface area (Å²) in [4.78, 5) is 24.3. The summed E-state index contributed by atoms with van der Waals surface area (Å²) in [7, 11) is 1.93. The molecule has 1 fully saturated rings. The van der Waals surface area contributed by atoms with E-state index in [1.165, 1.54) is 6.07 Å². The second kappa shape index (κ2) is 9.32. The van der Waals surface area contributed by atoms with E-state index >= 15 is 0 Å². The van der Waals surface area contributed by atoms with Crippen LogP contribution in [-0.2, 0) is 4.79 Å². The molecule has 1 aliphatic rings. The van der Waals surface area contributed by atoms with E-state index < -0.39 is 4.92 Å². The number of benzene rings is 1. The van der Waals surface area contributed by atoms with Gasteiger partial charge in [0.05, 0.1) is 18.0 Å². The van der Waals surface area contributed by atoms with Crippen LogP contribution in [0.2, 0.25) is 0 Å². The van der Waals surface area contributed by atoms with Crippen LogP contribution in [0.5, 0.6) is 5.75 Å². The number of amides is 1. The third kappa shape index (κ3) is 5.37. The van der Waals surface area contributed by atoms with Crippen molar-refractivity contribution in [2.75, 3.05) is 26.7 Å². The van der Waals surface area contributed by atoms with E-state index in [-0.39, 0.29) is 42.8 Å². The van der Waals surface area contributed by atoms with Gasteiger partial charge in [0.25, 0.3) is 0 Å². The summed E-state index contributed by atoms with van der Waals surface area (Å²) < 4.78 is 5.40. The van der Waals surface area contributed by atoms with Crippen LogP contribution < -0.4 is 10.1 Å². The minimum Gasteiger partial charge on any atom is -0.486 e. The highest BCUT2D eigenvalue weighted by molar-refractivity contribution is 5.85. The Morgan fingerprint density at radius 2 is 2.04 bits per heavy atom. The fourth-order valence-corrected chi connectivity index (χ4v) is 2.55. The summed E-state index contributed by atoms with van der Waals surface area (Å²) in [6.45, 7) is 1.64. The SMILES string of the molecule is CNC1CCN(C(=O)CCOc2ccccc2[N+](=O)[O-])CC1.Cl. The summed E-state index contributed by atoms with van der Waals surface area (Å²) in [5.41, 5.74) is -0.0789. The van der Waals surface area contributed by atoms with E-state index in [1.54, 1.807) is 18.2 Å². The molecule has 0 aromatic heterocycles. The van der Waals surface area contributed by atoms with Gasteiger partial charge in [-0.2, -0.15) is 0 Å². The van der Waals surface area contributed by atoms with Crippen molar-refractivity contribution >= 4 is 24.0 Å². The van der Waals surface area contributed by atoms with Gasteiger partial charge in [0, 0.05) is 25.2 Å². The Morgan fingerprint density at radius 3 is 2.65 bits per heavy atom. The molecule has 0 unspecified atom stereocenters. The van der Waals surface area contributed by atoms with Gasteiger partial charge >= 0.3 is 5.69 Å². The molecule has 1 heterocycles. The number of likely N-dealkylation sites (tertiary alicyclic amines) is 1. The Bertz CT molecular complexity index is 533. The third-order valence-corrected chi connectivity index (χ3v) is 3.89. The highest BCUT2D eigenvalue weighted by Crippen LogP contribution is 2.25. The molecular weight excluding hydrogens is 322 g/mol. The number of halogens is 1. The number of hydrogen-bond donors (Lipinski definition) is 1. The molecule has 1 saturated heterocycles. The topological polar surface area (TPSA) is 84.7 Å². The lowest BCUT2D eigenvalue weighted by atomic mass is 10.1. The van der Waals surface area contributed by atoms with Gasteiger partial charge in [0.2, 0.25) is 5.91 Å². The smallest absolute Gasteiger partial charge is 0.310 e. The molecule has 128 valence electrons. The standard InChI is InChI=1S/C15H21N3O4.ClH/c1-16-12-6-9-17(10-7-12)15(19)8-11-22-14-5-3-2-4-13(14)18(20)21;/h2-5,12,16H,6-11H2,1H3;1H. The summed E-state index contributed by atoms with van der Waals surface area (Å²) >= 11 is 0. The molecule has 1 aromatic carbocycles. The predicted octanol–water partition coefficient (Wildman–Crippen LogP) is 2.00. The highest BCUT2D eigenvalue weighted by Gasteiger charge is 2.22. The first-order valence-electron chi connectivity index (χ1n) is 7.43. The minimum absolute atomic E-state index is 0. The number of carbonyl (C=O) groups is 1. The number of ether oxygens (including phenoxy) is 1. The second-order valence-electron chi connectivity index (χ2n) is 5.27. The van der Waals surface area contributed by atoms with Crippen LogP contribution in [0.1, 0.15) is 19.3 Å². The quantitative estimate of drug-likeness (QED) is 0.630. The third-order valence-electron chi connectivity index (χ3n) is 3.89. The van der Waals surface area contributed by atoms with Gasteiger partial charge in [-0.05, 0) is 26.0 Å². The van der Waals surface area contributed by atoms with Gasteiger partial charge in [-0.15, -0.1) is 12.4 Å². The lowest BCUT2D eigenvalue weighted by Gasteiger charge is -2.31. The molecular formula is C15H22ClN3O4. The van der Waals surface area contributed by atoms with Crippen molar-refractivity contribution in [3.8, 4) is 5.75 Å². The highest BCUT2D eigenvalue weighted by atomic mass is 35.5. The fourth-order valence-electron chi connectivity index (χ4n) is 2.55. The van der Waals surface area contributed by atoms with Crippen molar-refractivity contribution in [1.29, 1.82) is 0 Å². The molecule has 0 spiro atoms. The molecule has 0 bridgehead atoms. The van der Waals surface area contributed by atoms with Crippen molar-refractivity contribution in [2.24, 2.45) is 0 Å². The number of carbonyl (C=O) groups excluding carboxylic acids is 1. The first-order valence-corrected chi connectivity index (χ1v) is 7.43. The van der Waals surface area contributed by atoms with Crippen LogP contribution in [0.3, 0.4) is 0 Å². The predicted molar refractivity (Wildman–Crippen MR) is 89.1 cm³/mol. The van der Waals surface area contributed by atoms with Crippen molar-refractivity contribution < 1.29 is 14.5 Å². The Kier molecular flexibility index (Phi) is 7.77. The molecule has 0 atom stereocenters. The number of nitro groups is 1. The number of nitrogens with one attached hydrogen (secondary N) is 1. The van der Waals surface area contributed by atoms with Gasteiger partial charge in [0.1, 0.15) is 0 Å². The zero-order valence-corrected chi connectivity index (χ0v) is 13.9. The molecule has 0 radical (unpaired) electrons. The minimum atomic E-state index is -0.486. The maximum Gasteiger partial charge on any atom is 0.310 e. The summed E-state index contributed by atoms with van der Waals surface area (Å²) in [6, 6.07) is 6.67. The number of hydrogen-bond acceptors (Lipinski definition) is 5. The van der Waals surface area contributed by atoms with Gasteiger partial charge in [-0.25, -0.2) is 0 Å². The lowest BCUT2D eigenvalue weighted by molar-refractivity contribution is -0.385. The summed E-state index contributed by atoms with van der Waals surface area (Å²) in [5.74, 6) is 0.238. The molecule has 8 heteroatoms. The Labute approximate surface area is 141 Å². The normalized spacial score (nSPS) is 14.9. The van der Waals surface area contributed by atoms with E-state index in [1.807, 2.05) is 11.9 Å². The monoisotopic (exact) mass is 343 g/mol. The molecule has 0 saturated carbocycles. The second-order valence-corrected chi connectivity index (χ2v) is 5.27. The van der Waals surface area contributed by atoms with E-state index in [2.05, 4.69) is 5.32 Å². The van der Waals surface area contributed by atoms with Crippen LogP contribution >= 0.6 is 12.4 Å². The lowest BCUT2D eigenvalue weighted by Crippen LogP contribution is -2.44. The van der Waals surface area contributed by atoms with Crippen molar-refractivity contribution in [3.63, 3.8) is 0 Å². The van der Waals surface area contributed by atoms with Gasteiger partial charge in [0.15, 0.2) is 5.75 Å². The summed E-state index contributed by atoms with van der Waals surface area (Å²) in [5, 5.41) is 14.1. The maximum atomic E-state index is 12.1. The van der Waals surface area contributed by atoms with Gasteiger partial charge in [-0.3, -0.25) is 14.9 Å². The van der Waals surface area contributed by atoms with Crippen molar-refractivity contribution in [3.05, 3.63) is 34.4 Å². The Hall–Kier alpha value is -1.86. The van der Waals surface area contributed by atoms with E-state index in [0.29, 0.717) is 6.04 Å². The number of rotatable bonds is 6. The molecule has 1 aliphatic heterocycles. The van der Waals surface area contributed by atoms with Gasteiger partial charge in [-0.1, -0.05) is 12.1 Å². The van der Waals surface area contributed by atoms with Crippen LogP contribution in [0.15, 0.2) is 24.3 Å². The molecule has 1 N–H and O–H groups in total. The van der Waals surface area contributed by atoms with Crippen molar-refractivity contribution in [1.82, 2.24) is 10.2 Å². The van der Waals surface area contributed by atoms with Crippen LogP contribution in [0, 0.1) is 10.1 Å². The van der Waals surface area contributed by atoms with Crippen LogP contribution in [0.4, 0.5) is 5.69 Å². The number of para-hydroxylation sites is 2. The number of piperidine rings is 1. The average Bonchev–Trinajstić information content (AvgIpc) is 2.55. The molecule has 1 aromatic rings. The first-order chi connectivity index (χ1) is 10.6. The van der Waals surface area contributed by atoms with Crippen LogP contribution in [0.25, 0.3) is 0 Å². The zero-order valence-electron chi connectivity index (χ0n) is 13.1. The molecule has 0 aliphatic carbocycles. The number of nitro benzene ring substituents is 1. The van der Waals surface area contributed by atoms with E-state index in [0.717, 1.165) is 25.9 Å². The van der Waals surface area contributed by atoms with E-state index in [9.17, 15) is 14.9 Å². The number of nitrogens with zero attached hydrogens (tertiary/aromatic N) is 2. The van der Waals surface area contributed by atoms with Crippen LogP contribution in [-0.4, -0.2) is 48.5 Å². The molecule has 23 heavy (non-hydrogen) atoms. The molecule has 1 amide bonds.